The van der Waals surface area contributed by atoms with Crippen LogP contribution in [0.25, 0.3) is 33.3 Å². The number of carbonyl (C=O) groups is 2. The normalized spacial score (nSPS) is 23.1. The van der Waals surface area contributed by atoms with Crippen molar-refractivity contribution in [3.8, 4) is 22.4 Å². The van der Waals surface area contributed by atoms with E-state index >= 15 is 0 Å². The minimum atomic E-state index is -0.749. The molecule has 1 amide bonds. The van der Waals surface area contributed by atoms with Crippen molar-refractivity contribution in [1.29, 1.82) is 0 Å². The minimum Gasteiger partial charge on any atom is -0.464 e. The number of fused-ring (bicyclic) bond motifs is 6. The lowest BCUT2D eigenvalue weighted by Crippen LogP contribution is -2.59. The number of carbonyl (C=O) groups excluding carboxylic acids is 2. The van der Waals surface area contributed by atoms with Crippen LogP contribution in [0.3, 0.4) is 0 Å². The van der Waals surface area contributed by atoms with Crippen molar-refractivity contribution in [2.75, 3.05) is 51.3 Å². The molecular formula is C44H57N7O4. The van der Waals surface area contributed by atoms with E-state index < -0.39 is 17.5 Å². The van der Waals surface area contributed by atoms with Crippen LogP contribution in [0.4, 0.5) is 5.69 Å². The molecule has 1 saturated carbocycles. The molecule has 3 fully saturated rings. The number of esters is 1. The number of methoxy groups -OCH3 is 1. The van der Waals surface area contributed by atoms with Crippen molar-refractivity contribution < 1.29 is 19.1 Å². The maximum Gasteiger partial charge on any atom is 0.324 e. The lowest BCUT2D eigenvalue weighted by molar-refractivity contribution is -0.154. The summed E-state index contributed by atoms with van der Waals surface area (Å²) >= 11 is 0. The van der Waals surface area contributed by atoms with Gasteiger partial charge in [0.15, 0.2) is 0 Å². The number of aromatic nitrogens is 2. The summed E-state index contributed by atoms with van der Waals surface area (Å²) in [5.41, 5.74) is 19.0. The van der Waals surface area contributed by atoms with Gasteiger partial charge in [0.25, 0.3) is 5.91 Å². The molecule has 3 atom stereocenters. The molecule has 3 N–H and O–H groups in total. The van der Waals surface area contributed by atoms with E-state index in [-0.39, 0.29) is 24.6 Å². The van der Waals surface area contributed by atoms with Gasteiger partial charge in [-0.25, -0.2) is 5.43 Å². The molecule has 3 aliphatic heterocycles. The molecule has 0 radical (unpaired) electrons. The van der Waals surface area contributed by atoms with Crippen LogP contribution in [0.2, 0.25) is 0 Å². The number of piperazine rings is 1. The van der Waals surface area contributed by atoms with Crippen LogP contribution in [0.1, 0.15) is 76.3 Å². The van der Waals surface area contributed by atoms with E-state index in [0.29, 0.717) is 32.2 Å². The molecule has 1 aliphatic carbocycles. The summed E-state index contributed by atoms with van der Waals surface area (Å²) in [6, 6.07) is 16.8. The van der Waals surface area contributed by atoms with Gasteiger partial charge in [0.2, 0.25) is 0 Å². The van der Waals surface area contributed by atoms with Gasteiger partial charge in [0.1, 0.15) is 6.04 Å². The molecule has 55 heavy (non-hydrogen) atoms. The van der Waals surface area contributed by atoms with Crippen molar-refractivity contribution in [1.82, 2.24) is 24.9 Å². The second kappa shape index (κ2) is 15.3. The van der Waals surface area contributed by atoms with Gasteiger partial charge in [-0.2, -0.15) is 0 Å². The van der Waals surface area contributed by atoms with Crippen LogP contribution < -0.4 is 16.1 Å². The fourth-order valence-electron chi connectivity index (χ4n) is 8.90. The molecular weight excluding hydrogens is 691 g/mol. The van der Waals surface area contributed by atoms with Gasteiger partial charge in [-0.3, -0.25) is 24.5 Å². The number of nitrogens with two attached hydrogens (primary N) is 1. The molecule has 6 bridgehead atoms. The number of benzene rings is 2. The Morgan fingerprint density at radius 3 is 2.55 bits per heavy atom. The number of hydrazine groups is 1. The van der Waals surface area contributed by atoms with Crippen molar-refractivity contribution in [2.45, 2.75) is 97.0 Å². The second-order valence-electron chi connectivity index (χ2n) is 16.8. The van der Waals surface area contributed by atoms with E-state index in [0.717, 1.165) is 89.0 Å². The molecule has 5 heterocycles. The van der Waals surface area contributed by atoms with Crippen LogP contribution in [0, 0.1) is 5.41 Å². The Bertz CT molecular complexity index is 2060. The van der Waals surface area contributed by atoms with Crippen LogP contribution >= 0.6 is 0 Å². The van der Waals surface area contributed by atoms with E-state index in [1.54, 1.807) is 7.11 Å². The van der Waals surface area contributed by atoms with Gasteiger partial charge in [0.05, 0.1) is 42.0 Å². The summed E-state index contributed by atoms with van der Waals surface area (Å²) < 4.78 is 14.5. The highest BCUT2D eigenvalue weighted by atomic mass is 16.5. The highest BCUT2D eigenvalue weighted by molar-refractivity contribution is 5.95. The smallest absolute Gasteiger partial charge is 0.324 e. The Labute approximate surface area is 325 Å². The molecule has 2 aromatic carbocycles. The van der Waals surface area contributed by atoms with Gasteiger partial charge in [-0.1, -0.05) is 44.2 Å². The number of nitrogens with one attached hydrogen (secondary N) is 1. The standard InChI is InChI=1S/C44H57N7O4/c1-6-50-39-15-12-31-23-34(39)36(41(50)35-24-33(26-46-40(35)28(2)54-5)49-19-17-48(18-20-49)32-13-14-32)25-44(3,4)27-55-43(53)38-11-8-16-51(47-38)42(52)37(45)22-29-9-7-10-30(31)21-29/h7,9-10,12,15,21,23-24,26,28,32,37-38,47H,6,8,11,13-14,16-20,22,25,27,45H2,1-5H3/t28-,37-,38-/m0/s1. The molecule has 0 unspecified atom stereocenters. The van der Waals surface area contributed by atoms with Gasteiger partial charge >= 0.3 is 5.97 Å². The average molecular weight is 748 g/mol. The molecule has 292 valence electrons. The monoisotopic (exact) mass is 747 g/mol. The quantitative estimate of drug-likeness (QED) is 0.234. The number of rotatable bonds is 6. The third-order valence-corrected chi connectivity index (χ3v) is 12.2. The Hall–Kier alpha value is -4.29. The number of cyclic esters (lactones) is 1. The molecule has 2 saturated heterocycles. The zero-order chi connectivity index (χ0) is 38.4. The zero-order valence-corrected chi connectivity index (χ0v) is 33.1. The van der Waals surface area contributed by atoms with Crippen LogP contribution in [0.15, 0.2) is 54.7 Å². The third-order valence-electron chi connectivity index (χ3n) is 12.2. The predicted molar refractivity (Wildman–Crippen MR) is 217 cm³/mol. The third kappa shape index (κ3) is 7.64. The molecule has 2 aromatic heterocycles. The average Bonchev–Trinajstić information content (AvgIpc) is 4.02. The van der Waals surface area contributed by atoms with Crippen molar-refractivity contribution >= 4 is 28.5 Å². The van der Waals surface area contributed by atoms with Gasteiger partial charge in [0, 0.05) is 74.3 Å². The van der Waals surface area contributed by atoms with Gasteiger partial charge in [-0.15, -0.1) is 0 Å². The van der Waals surface area contributed by atoms with E-state index in [4.69, 9.17) is 20.2 Å². The summed E-state index contributed by atoms with van der Waals surface area (Å²) in [4.78, 5) is 37.4. The SMILES string of the molecule is CCn1c(-c2cc(N3CCN(C4CC4)CC3)cnc2[C@H](C)OC)c2c3cc(ccc31)-c1cccc(c1)C[C@H](N)C(=O)N1CCC[C@H](N1)C(=O)OCC(C)(C)C2. The molecule has 11 nitrogen and oxygen atoms in total. The largest absolute Gasteiger partial charge is 0.464 e. The van der Waals surface area contributed by atoms with Crippen molar-refractivity contribution in [2.24, 2.45) is 11.1 Å². The van der Waals surface area contributed by atoms with E-state index in [1.807, 2.05) is 18.3 Å². The number of pyridine rings is 1. The summed E-state index contributed by atoms with van der Waals surface area (Å²) in [6.07, 6.45) is 6.79. The topological polar surface area (TPSA) is 118 Å². The summed E-state index contributed by atoms with van der Waals surface area (Å²) in [5, 5.41) is 2.68. The Morgan fingerprint density at radius 2 is 1.80 bits per heavy atom. The molecule has 8 rings (SSSR count). The fourth-order valence-corrected chi connectivity index (χ4v) is 8.90. The summed E-state index contributed by atoms with van der Waals surface area (Å²) in [5.74, 6) is -0.563. The Kier molecular flexibility index (Phi) is 10.5. The number of nitrogens with zero attached hydrogens (tertiary/aromatic N) is 5. The number of amides is 1. The number of aryl methyl sites for hydroxylation is 1. The molecule has 4 aromatic rings. The zero-order valence-electron chi connectivity index (χ0n) is 33.1. The number of ether oxygens (including phenoxy) is 2. The summed E-state index contributed by atoms with van der Waals surface area (Å²) in [6.45, 7) is 14.2. The number of hydrogen-bond acceptors (Lipinski definition) is 9. The first-order valence-electron chi connectivity index (χ1n) is 20.3. The lowest BCUT2D eigenvalue weighted by atomic mass is 9.84. The maximum atomic E-state index is 13.6. The predicted octanol–water partition coefficient (Wildman–Crippen LogP) is 5.87. The molecule has 0 spiro atoms. The van der Waals surface area contributed by atoms with Gasteiger partial charge < -0.3 is 24.7 Å². The first-order chi connectivity index (χ1) is 26.5. The van der Waals surface area contributed by atoms with Crippen LogP contribution in [-0.2, 0) is 38.4 Å². The Morgan fingerprint density at radius 1 is 1.02 bits per heavy atom. The Balaban J connectivity index is 1.28. The van der Waals surface area contributed by atoms with E-state index in [2.05, 4.69) is 83.9 Å². The summed E-state index contributed by atoms with van der Waals surface area (Å²) in [7, 11) is 1.75. The lowest BCUT2D eigenvalue weighted by Gasteiger charge is -2.36. The fraction of sp³-hybridized carbons (Fsp3) is 0.523. The maximum absolute atomic E-state index is 13.6. The van der Waals surface area contributed by atoms with Gasteiger partial charge in [-0.05, 0) is 92.8 Å². The van der Waals surface area contributed by atoms with Crippen LogP contribution in [0.5, 0.6) is 0 Å². The molecule has 4 aliphatic rings. The highest BCUT2D eigenvalue weighted by Gasteiger charge is 2.35. The second-order valence-corrected chi connectivity index (χ2v) is 16.8. The number of hydrogen-bond donors (Lipinski definition) is 2. The minimum absolute atomic E-state index is 0.218. The van der Waals surface area contributed by atoms with Crippen molar-refractivity contribution in [3.05, 3.63) is 71.5 Å². The van der Waals surface area contributed by atoms with E-state index in [9.17, 15) is 9.59 Å². The molecule has 11 heteroatoms. The number of anilines is 1. The van der Waals surface area contributed by atoms with E-state index in [1.165, 1.54) is 23.4 Å². The first kappa shape index (κ1) is 37.6. The van der Waals surface area contributed by atoms with Crippen molar-refractivity contribution in [3.63, 3.8) is 0 Å². The first-order valence-corrected chi connectivity index (χ1v) is 20.3. The highest BCUT2D eigenvalue weighted by Crippen LogP contribution is 2.43. The van der Waals surface area contributed by atoms with Crippen LogP contribution in [-0.4, -0.2) is 95.9 Å².